The fourth-order valence-corrected chi connectivity index (χ4v) is 3.31. The molecule has 0 amide bonds. The minimum absolute atomic E-state index is 0.236. The molecule has 166 valence electrons. The molecule has 0 saturated heterocycles. The predicted molar refractivity (Wildman–Crippen MR) is 109 cm³/mol. The smallest absolute Gasteiger partial charge is 0.203 e. The summed E-state index contributed by atoms with van der Waals surface area (Å²) >= 11 is 0. The highest BCUT2D eigenvalue weighted by Crippen LogP contribution is 2.54. The number of aliphatic hydroxyl groups excluding tert-OH is 1. The quantitative estimate of drug-likeness (QED) is 0.618. The second kappa shape index (κ2) is 10.0. The molecule has 0 radical (unpaired) electrons. The molecule has 0 heterocycles. The molecule has 30 heavy (non-hydrogen) atoms. The summed E-state index contributed by atoms with van der Waals surface area (Å²) in [6.45, 7) is 0. The third kappa shape index (κ3) is 3.80. The summed E-state index contributed by atoms with van der Waals surface area (Å²) in [5.74, 6) is 2.47. The summed E-state index contributed by atoms with van der Waals surface area (Å²) in [5, 5.41) is 11.5. The highest BCUT2D eigenvalue weighted by molar-refractivity contribution is 5.68. The Hall–Kier alpha value is -3.20. The molecule has 0 fully saturated rings. The van der Waals surface area contributed by atoms with Crippen LogP contribution in [0, 0.1) is 0 Å². The summed E-state index contributed by atoms with van der Waals surface area (Å²) in [5.41, 5.74) is 0.586. The second-order valence-electron chi connectivity index (χ2n) is 5.93. The normalized spacial score (nSPS) is 10.5. The summed E-state index contributed by atoms with van der Waals surface area (Å²) in [4.78, 5) is 0. The van der Waals surface area contributed by atoms with Crippen LogP contribution in [0.5, 0.6) is 46.0 Å². The second-order valence-corrected chi connectivity index (χ2v) is 5.93. The molecule has 9 nitrogen and oxygen atoms in total. The van der Waals surface area contributed by atoms with Crippen molar-refractivity contribution in [2.45, 2.75) is 6.10 Å². The van der Waals surface area contributed by atoms with Gasteiger partial charge in [-0.15, -0.1) is 0 Å². The van der Waals surface area contributed by atoms with Crippen molar-refractivity contribution in [3.05, 3.63) is 23.3 Å². The first-order chi connectivity index (χ1) is 14.5. The van der Waals surface area contributed by atoms with E-state index in [4.69, 9.17) is 37.9 Å². The van der Waals surface area contributed by atoms with Crippen molar-refractivity contribution in [2.24, 2.45) is 0 Å². The van der Waals surface area contributed by atoms with Crippen LogP contribution in [-0.2, 0) is 0 Å². The largest absolute Gasteiger partial charge is 0.496 e. The number of benzene rings is 2. The van der Waals surface area contributed by atoms with E-state index in [1.165, 1.54) is 56.9 Å². The van der Waals surface area contributed by atoms with E-state index in [0.717, 1.165) is 0 Å². The van der Waals surface area contributed by atoms with Gasteiger partial charge < -0.3 is 43.0 Å². The first-order valence-corrected chi connectivity index (χ1v) is 8.89. The molecule has 0 atom stereocenters. The van der Waals surface area contributed by atoms with Gasteiger partial charge >= 0.3 is 0 Å². The number of hydrogen-bond acceptors (Lipinski definition) is 9. The summed E-state index contributed by atoms with van der Waals surface area (Å²) in [6, 6.07) is 3.19. The SMILES string of the molecule is COc1cc(OC)c(C(O)c2c(OC)cc(OC)c(OC)c2OC)c(OC)c1OC. The molecule has 0 unspecified atom stereocenters. The van der Waals surface area contributed by atoms with Crippen LogP contribution < -0.4 is 37.9 Å². The molecular weight excluding hydrogens is 396 g/mol. The molecule has 0 aliphatic rings. The minimum atomic E-state index is -1.31. The van der Waals surface area contributed by atoms with Crippen molar-refractivity contribution in [2.75, 3.05) is 56.9 Å². The van der Waals surface area contributed by atoms with E-state index in [1.807, 2.05) is 0 Å². The molecule has 0 spiro atoms. The number of rotatable bonds is 10. The van der Waals surface area contributed by atoms with Gasteiger partial charge in [-0.05, 0) is 0 Å². The zero-order valence-electron chi connectivity index (χ0n) is 18.4. The Morgan fingerprint density at radius 3 is 1.00 bits per heavy atom. The number of hydrogen-bond donors (Lipinski definition) is 1. The third-order valence-electron chi connectivity index (χ3n) is 4.65. The summed E-state index contributed by atoms with van der Waals surface area (Å²) in [6.07, 6.45) is -1.31. The monoisotopic (exact) mass is 424 g/mol. The van der Waals surface area contributed by atoms with Gasteiger partial charge in [-0.1, -0.05) is 0 Å². The molecule has 0 aromatic heterocycles. The van der Waals surface area contributed by atoms with Crippen molar-refractivity contribution >= 4 is 0 Å². The average Bonchev–Trinajstić information content (AvgIpc) is 2.79. The van der Waals surface area contributed by atoms with E-state index >= 15 is 0 Å². The molecule has 2 aromatic carbocycles. The van der Waals surface area contributed by atoms with Crippen LogP contribution in [0.25, 0.3) is 0 Å². The van der Waals surface area contributed by atoms with Gasteiger partial charge in [0.25, 0.3) is 0 Å². The zero-order valence-corrected chi connectivity index (χ0v) is 18.4. The molecule has 0 aliphatic heterocycles. The van der Waals surface area contributed by atoms with Crippen molar-refractivity contribution < 1.29 is 43.0 Å². The van der Waals surface area contributed by atoms with Gasteiger partial charge in [0.2, 0.25) is 11.5 Å². The number of aliphatic hydroxyl groups is 1. The van der Waals surface area contributed by atoms with Crippen molar-refractivity contribution in [3.8, 4) is 46.0 Å². The Labute approximate surface area is 175 Å². The van der Waals surface area contributed by atoms with Gasteiger partial charge in [0, 0.05) is 12.1 Å². The van der Waals surface area contributed by atoms with E-state index in [9.17, 15) is 5.11 Å². The van der Waals surface area contributed by atoms with Gasteiger partial charge in [0.1, 0.15) is 17.6 Å². The Balaban J connectivity index is 2.91. The van der Waals surface area contributed by atoms with E-state index < -0.39 is 6.10 Å². The standard InChI is InChI=1S/C21H28O9/c1-23-11-9-13(25-3)18(27-5)20(29-7)15(11)17(22)16-12(24-2)10-14(26-4)19(28-6)21(16)30-8/h9-10,17,22H,1-8H3. The number of methoxy groups -OCH3 is 8. The van der Waals surface area contributed by atoms with Crippen LogP contribution in [0.3, 0.4) is 0 Å². The summed E-state index contributed by atoms with van der Waals surface area (Å²) in [7, 11) is 11.8. The summed E-state index contributed by atoms with van der Waals surface area (Å²) < 4.78 is 43.8. The fraction of sp³-hybridized carbons (Fsp3) is 0.429. The molecule has 0 bridgehead atoms. The lowest BCUT2D eigenvalue weighted by Crippen LogP contribution is -2.11. The molecule has 1 N–H and O–H groups in total. The Morgan fingerprint density at radius 1 is 0.467 bits per heavy atom. The maximum Gasteiger partial charge on any atom is 0.203 e. The molecule has 9 heteroatoms. The van der Waals surface area contributed by atoms with Gasteiger partial charge in [-0.3, -0.25) is 0 Å². The van der Waals surface area contributed by atoms with Crippen LogP contribution in [0.4, 0.5) is 0 Å². The Kier molecular flexibility index (Phi) is 7.71. The molecule has 0 aliphatic carbocycles. The van der Waals surface area contributed by atoms with E-state index in [-0.39, 0.29) is 11.5 Å². The van der Waals surface area contributed by atoms with E-state index in [2.05, 4.69) is 0 Å². The van der Waals surface area contributed by atoms with Crippen LogP contribution in [0.1, 0.15) is 17.2 Å². The average molecular weight is 424 g/mol. The van der Waals surface area contributed by atoms with Crippen molar-refractivity contribution in [3.63, 3.8) is 0 Å². The highest BCUT2D eigenvalue weighted by Gasteiger charge is 2.33. The predicted octanol–water partition coefficient (Wildman–Crippen LogP) is 2.84. The maximum absolute atomic E-state index is 11.5. The van der Waals surface area contributed by atoms with Crippen molar-refractivity contribution in [1.29, 1.82) is 0 Å². The van der Waals surface area contributed by atoms with Crippen LogP contribution in [0.2, 0.25) is 0 Å². The van der Waals surface area contributed by atoms with Gasteiger partial charge in [-0.2, -0.15) is 0 Å². The number of ether oxygens (including phenoxy) is 8. The lowest BCUT2D eigenvalue weighted by atomic mass is 9.96. The lowest BCUT2D eigenvalue weighted by Gasteiger charge is -2.25. The van der Waals surface area contributed by atoms with Crippen molar-refractivity contribution in [1.82, 2.24) is 0 Å². The molecule has 0 saturated carbocycles. The topological polar surface area (TPSA) is 94.1 Å². The highest BCUT2D eigenvalue weighted by atomic mass is 16.5. The third-order valence-corrected chi connectivity index (χ3v) is 4.65. The van der Waals surface area contributed by atoms with E-state index in [0.29, 0.717) is 45.6 Å². The first kappa shape index (κ1) is 23.1. The Morgan fingerprint density at radius 2 is 0.767 bits per heavy atom. The van der Waals surface area contributed by atoms with Gasteiger partial charge in [0.05, 0.1) is 68.0 Å². The lowest BCUT2D eigenvalue weighted by molar-refractivity contribution is 0.194. The van der Waals surface area contributed by atoms with Crippen LogP contribution in [-0.4, -0.2) is 62.0 Å². The molecule has 2 rings (SSSR count). The van der Waals surface area contributed by atoms with Gasteiger partial charge in [-0.25, -0.2) is 0 Å². The van der Waals surface area contributed by atoms with E-state index in [1.54, 1.807) is 12.1 Å². The maximum atomic E-state index is 11.5. The van der Waals surface area contributed by atoms with Crippen LogP contribution >= 0.6 is 0 Å². The first-order valence-electron chi connectivity index (χ1n) is 8.89. The molecule has 2 aromatic rings. The van der Waals surface area contributed by atoms with Crippen LogP contribution in [0.15, 0.2) is 12.1 Å². The zero-order chi connectivity index (χ0) is 22.4. The minimum Gasteiger partial charge on any atom is -0.496 e. The molecular formula is C21H28O9. The van der Waals surface area contributed by atoms with Gasteiger partial charge in [0.15, 0.2) is 23.0 Å². The Bertz CT molecular complexity index is 808. The fourth-order valence-electron chi connectivity index (χ4n) is 3.31.